The zero-order valence-corrected chi connectivity index (χ0v) is 30.1. The van der Waals surface area contributed by atoms with E-state index in [9.17, 15) is 24.3 Å². The van der Waals surface area contributed by atoms with Gasteiger partial charge in [0.25, 0.3) is 0 Å². The molecule has 0 saturated heterocycles. The third-order valence-electron chi connectivity index (χ3n) is 7.97. The highest BCUT2D eigenvalue weighted by Crippen LogP contribution is 2.38. The highest BCUT2D eigenvalue weighted by molar-refractivity contribution is 6.04. The molecule has 0 unspecified atom stereocenters. The van der Waals surface area contributed by atoms with E-state index in [-0.39, 0.29) is 40.9 Å². The standard InChI is InChI=1S/C36H43FN6O8/c1-19-22(14-36(8,9)43(32(46)47)33(48)51-35(5,6)7)16-39-17-25(19)24-12-21-13-27(41-30(44)49-23-10-20(11-23)15-38)40-18-26(21)29(28(24)37)42-31(45)50-34(2,3)4/h12-13,16-18,20,23H,10-11,14H2,1-9H3,(H,42,45)(H,46,47)(H,40,41,44). The second-order valence-corrected chi connectivity index (χ2v) is 15.0. The number of hydrogen-bond donors (Lipinski definition) is 3. The number of imide groups is 1. The summed E-state index contributed by atoms with van der Waals surface area (Å²) in [6.07, 6.45) is 0.496. The molecule has 3 N–H and O–H groups in total. The van der Waals surface area contributed by atoms with Crippen molar-refractivity contribution in [2.75, 3.05) is 10.6 Å². The summed E-state index contributed by atoms with van der Waals surface area (Å²) in [4.78, 5) is 59.8. The first-order valence-corrected chi connectivity index (χ1v) is 16.3. The summed E-state index contributed by atoms with van der Waals surface area (Å²) in [6.45, 7) is 14.7. The van der Waals surface area contributed by atoms with Crippen LogP contribution in [-0.2, 0) is 20.6 Å². The van der Waals surface area contributed by atoms with Crippen molar-refractivity contribution in [1.82, 2.24) is 14.9 Å². The smallest absolute Gasteiger partial charge is 0.420 e. The Balaban J connectivity index is 1.76. The van der Waals surface area contributed by atoms with E-state index in [0.29, 0.717) is 39.8 Å². The molecule has 1 aromatic carbocycles. The van der Waals surface area contributed by atoms with E-state index >= 15 is 4.39 Å². The first-order chi connectivity index (χ1) is 23.6. The van der Waals surface area contributed by atoms with Crippen LogP contribution in [0.4, 0.5) is 35.1 Å². The lowest BCUT2D eigenvalue weighted by Gasteiger charge is -2.36. The SMILES string of the molecule is Cc1c(CC(C)(C)N(C(=O)O)C(=O)OC(C)(C)C)cncc1-c1cc2cc(NC(=O)OC3CC(C#N)C3)ncc2c(NC(=O)OC(C)(C)C)c1F. The van der Waals surface area contributed by atoms with Crippen molar-refractivity contribution in [3.8, 4) is 17.2 Å². The minimum Gasteiger partial charge on any atom is -0.465 e. The predicted octanol–water partition coefficient (Wildman–Crippen LogP) is 8.18. The van der Waals surface area contributed by atoms with E-state index in [1.807, 2.05) is 0 Å². The number of nitriles is 1. The van der Waals surface area contributed by atoms with Crippen molar-refractivity contribution in [1.29, 1.82) is 5.26 Å². The number of amides is 4. The number of carbonyl (C=O) groups is 4. The molecular formula is C36H43FN6O8. The average molecular weight is 707 g/mol. The maximum Gasteiger partial charge on any atom is 0.420 e. The Morgan fingerprint density at radius 3 is 2.20 bits per heavy atom. The Kier molecular flexibility index (Phi) is 10.8. The summed E-state index contributed by atoms with van der Waals surface area (Å²) in [5.74, 6) is -0.894. The van der Waals surface area contributed by atoms with Crippen LogP contribution in [0.15, 0.2) is 30.7 Å². The topological polar surface area (TPSA) is 193 Å². The van der Waals surface area contributed by atoms with Crippen molar-refractivity contribution in [3.05, 3.63) is 47.7 Å². The number of nitrogens with zero attached hydrogens (tertiary/aromatic N) is 4. The summed E-state index contributed by atoms with van der Waals surface area (Å²) < 4.78 is 32.7. The Morgan fingerprint density at radius 2 is 1.61 bits per heavy atom. The molecule has 0 spiro atoms. The molecule has 2 heterocycles. The lowest BCUT2D eigenvalue weighted by Crippen LogP contribution is -2.53. The number of aromatic nitrogens is 2. The van der Waals surface area contributed by atoms with Crippen molar-refractivity contribution < 1.29 is 42.9 Å². The van der Waals surface area contributed by atoms with Crippen LogP contribution >= 0.6 is 0 Å². The van der Waals surface area contributed by atoms with Gasteiger partial charge in [0.15, 0.2) is 5.82 Å². The minimum atomic E-state index is -1.50. The Labute approximate surface area is 295 Å². The average Bonchev–Trinajstić information content (AvgIpc) is 2.95. The number of fused-ring (bicyclic) bond motifs is 1. The molecule has 0 radical (unpaired) electrons. The quantitative estimate of drug-likeness (QED) is 0.201. The minimum absolute atomic E-state index is 0.000357. The molecule has 1 aliphatic rings. The number of pyridine rings is 2. The van der Waals surface area contributed by atoms with Crippen LogP contribution in [-0.4, -0.2) is 67.2 Å². The van der Waals surface area contributed by atoms with Gasteiger partial charge in [0, 0.05) is 47.9 Å². The van der Waals surface area contributed by atoms with Crippen molar-refractivity contribution in [3.63, 3.8) is 0 Å². The maximum atomic E-state index is 16.6. The number of nitrogens with one attached hydrogen (secondary N) is 2. The van der Waals surface area contributed by atoms with Gasteiger partial charge in [0.1, 0.15) is 23.1 Å². The van der Waals surface area contributed by atoms with Gasteiger partial charge in [-0.15, -0.1) is 0 Å². The number of halogens is 1. The maximum absolute atomic E-state index is 16.6. The summed E-state index contributed by atoms with van der Waals surface area (Å²) in [5.41, 5.74) is -2.00. The third kappa shape index (κ3) is 9.39. The van der Waals surface area contributed by atoms with Crippen LogP contribution in [0.5, 0.6) is 0 Å². The molecule has 15 heteroatoms. The summed E-state index contributed by atoms with van der Waals surface area (Å²) in [7, 11) is 0. The van der Waals surface area contributed by atoms with E-state index in [0.717, 1.165) is 0 Å². The zero-order valence-electron chi connectivity index (χ0n) is 30.1. The third-order valence-corrected chi connectivity index (χ3v) is 7.97. The van der Waals surface area contributed by atoms with Gasteiger partial charge in [-0.3, -0.25) is 15.6 Å². The molecule has 4 rings (SSSR count). The number of anilines is 2. The van der Waals surface area contributed by atoms with E-state index in [1.165, 1.54) is 30.7 Å². The first-order valence-electron chi connectivity index (χ1n) is 16.3. The van der Waals surface area contributed by atoms with Gasteiger partial charge in [0.2, 0.25) is 0 Å². The van der Waals surface area contributed by atoms with Gasteiger partial charge in [-0.2, -0.15) is 5.26 Å². The molecule has 4 amide bonds. The molecule has 14 nitrogen and oxygen atoms in total. The molecule has 51 heavy (non-hydrogen) atoms. The first kappa shape index (κ1) is 38.3. The normalized spacial score (nSPS) is 15.9. The van der Waals surface area contributed by atoms with Gasteiger partial charge in [0.05, 0.1) is 23.2 Å². The van der Waals surface area contributed by atoms with Gasteiger partial charge in [-0.25, -0.2) is 33.5 Å². The zero-order chi connectivity index (χ0) is 38.1. The van der Waals surface area contributed by atoms with Gasteiger partial charge in [-0.1, -0.05) is 0 Å². The molecule has 272 valence electrons. The van der Waals surface area contributed by atoms with Gasteiger partial charge >= 0.3 is 24.4 Å². The molecule has 1 fully saturated rings. The van der Waals surface area contributed by atoms with Gasteiger partial charge in [-0.05, 0) is 97.4 Å². The molecule has 1 aliphatic carbocycles. The fourth-order valence-electron chi connectivity index (χ4n) is 5.57. The summed E-state index contributed by atoms with van der Waals surface area (Å²) >= 11 is 0. The fraction of sp³-hybridized carbons (Fsp3) is 0.472. The second-order valence-electron chi connectivity index (χ2n) is 15.0. The number of ether oxygens (including phenoxy) is 3. The number of rotatable bonds is 7. The summed E-state index contributed by atoms with van der Waals surface area (Å²) in [6, 6.07) is 5.12. The molecular weight excluding hydrogens is 663 g/mol. The predicted molar refractivity (Wildman–Crippen MR) is 186 cm³/mol. The van der Waals surface area contributed by atoms with Crippen LogP contribution < -0.4 is 10.6 Å². The Morgan fingerprint density at radius 1 is 0.961 bits per heavy atom. The molecule has 3 aromatic rings. The number of hydrogen-bond acceptors (Lipinski definition) is 10. The van der Waals surface area contributed by atoms with E-state index in [2.05, 4.69) is 26.7 Å². The molecule has 1 saturated carbocycles. The highest BCUT2D eigenvalue weighted by atomic mass is 19.1. The van der Waals surface area contributed by atoms with E-state index in [4.69, 9.17) is 19.5 Å². The van der Waals surface area contributed by atoms with Crippen molar-refractivity contribution in [2.45, 2.75) is 104 Å². The van der Waals surface area contributed by atoms with Crippen LogP contribution in [0.25, 0.3) is 21.9 Å². The summed E-state index contributed by atoms with van der Waals surface area (Å²) in [5, 5.41) is 24.6. The molecule has 0 aliphatic heterocycles. The molecule has 0 atom stereocenters. The lowest BCUT2D eigenvalue weighted by atomic mass is 9.84. The number of carbonyl (C=O) groups excluding carboxylic acids is 3. The highest BCUT2D eigenvalue weighted by Gasteiger charge is 2.40. The van der Waals surface area contributed by atoms with Crippen LogP contribution in [0, 0.1) is 30.0 Å². The van der Waals surface area contributed by atoms with Crippen LogP contribution in [0.3, 0.4) is 0 Å². The number of carboxylic acid groups (broad SMARTS) is 1. The second kappa shape index (κ2) is 14.4. The largest absolute Gasteiger partial charge is 0.465 e. The fourth-order valence-corrected chi connectivity index (χ4v) is 5.57. The van der Waals surface area contributed by atoms with Gasteiger partial charge < -0.3 is 19.3 Å². The van der Waals surface area contributed by atoms with Crippen LogP contribution in [0.2, 0.25) is 0 Å². The number of benzene rings is 1. The van der Waals surface area contributed by atoms with Crippen molar-refractivity contribution >= 4 is 46.7 Å². The van der Waals surface area contributed by atoms with Crippen molar-refractivity contribution in [2.24, 2.45) is 5.92 Å². The molecule has 2 aromatic heterocycles. The van der Waals surface area contributed by atoms with Crippen LogP contribution in [0.1, 0.15) is 79.4 Å². The Bertz CT molecular complexity index is 1900. The lowest BCUT2D eigenvalue weighted by molar-refractivity contribution is 0.00785. The monoisotopic (exact) mass is 706 g/mol. The molecule has 0 bridgehead atoms. The van der Waals surface area contributed by atoms with E-state index in [1.54, 1.807) is 62.3 Å². The van der Waals surface area contributed by atoms with E-state index < -0.39 is 46.9 Å². The Hall–Kier alpha value is -5.52.